The zero-order chi connectivity index (χ0) is 25.9. The van der Waals surface area contributed by atoms with Gasteiger partial charge in [-0.2, -0.15) is 13.2 Å². The SMILES string of the molecule is CC(=O)N1CCC[C@H]1CNC(=O)C(F)(F)F.CCC(Cc1ccccc1F)NC(=O)OC(C)C. The molecule has 0 bridgehead atoms. The average molecular weight is 492 g/mol. The molecule has 192 valence electrons. The van der Waals surface area contributed by atoms with E-state index in [4.69, 9.17) is 4.74 Å². The van der Waals surface area contributed by atoms with Gasteiger partial charge in [0.05, 0.1) is 6.10 Å². The zero-order valence-corrected chi connectivity index (χ0v) is 19.9. The van der Waals surface area contributed by atoms with Gasteiger partial charge in [0, 0.05) is 32.1 Å². The Hall–Kier alpha value is -2.85. The van der Waals surface area contributed by atoms with Crippen molar-refractivity contribution >= 4 is 17.9 Å². The van der Waals surface area contributed by atoms with Gasteiger partial charge in [-0.25, -0.2) is 9.18 Å². The largest absolute Gasteiger partial charge is 0.471 e. The van der Waals surface area contributed by atoms with Crippen LogP contribution in [-0.2, 0) is 20.7 Å². The number of hydrogen-bond acceptors (Lipinski definition) is 4. The summed E-state index contributed by atoms with van der Waals surface area (Å²) in [6.07, 6.45) is -2.90. The van der Waals surface area contributed by atoms with Gasteiger partial charge in [0.25, 0.3) is 0 Å². The maximum Gasteiger partial charge on any atom is 0.471 e. The zero-order valence-electron chi connectivity index (χ0n) is 19.9. The highest BCUT2D eigenvalue weighted by Gasteiger charge is 2.39. The van der Waals surface area contributed by atoms with E-state index in [1.165, 1.54) is 17.9 Å². The second-order valence-electron chi connectivity index (χ2n) is 8.22. The van der Waals surface area contributed by atoms with Crippen molar-refractivity contribution in [3.63, 3.8) is 0 Å². The summed E-state index contributed by atoms with van der Waals surface area (Å²) in [6, 6.07) is 6.16. The average Bonchev–Trinajstić information content (AvgIpc) is 3.21. The Morgan fingerprint density at radius 2 is 1.85 bits per heavy atom. The van der Waals surface area contributed by atoms with E-state index in [-0.39, 0.29) is 36.5 Å². The first-order chi connectivity index (χ1) is 15.8. The molecule has 2 atom stereocenters. The number of hydrogen-bond donors (Lipinski definition) is 2. The molecule has 0 saturated carbocycles. The summed E-state index contributed by atoms with van der Waals surface area (Å²) < 4.78 is 54.2. The number of rotatable bonds is 7. The molecule has 0 spiro atoms. The molecule has 1 fully saturated rings. The number of nitrogens with zero attached hydrogens (tertiary/aromatic N) is 1. The molecule has 1 saturated heterocycles. The molecule has 1 aliphatic rings. The first-order valence-corrected chi connectivity index (χ1v) is 11.2. The molecule has 1 unspecified atom stereocenters. The molecule has 1 heterocycles. The predicted molar refractivity (Wildman–Crippen MR) is 118 cm³/mol. The lowest BCUT2D eigenvalue weighted by molar-refractivity contribution is -0.173. The van der Waals surface area contributed by atoms with Crippen molar-refractivity contribution in [3.05, 3.63) is 35.6 Å². The van der Waals surface area contributed by atoms with Gasteiger partial charge >= 0.3 is 18.2 Å². The molecule has 1 aliphatic heterocycles. The quantitative estimate of drug-likeness (QED) is 0.566. The summed E-state index contributed by atoms with van der Waals surface area (Å²) >= 11 is 0. The fraction of sp³-hybridized carbons (Fsp3) is 0.609. The molecule has 7 nitrogen and oxygen atoms in total. The first-order valence-electron chi connectivity index (χ1n) is 11.2. The third-order valence-corrected chi connectivity index (χ3v) is 5.12. The number of halogens is 4. The van der Waals surface area contributed by atoms with Crippen LogP contribution in [0, 0.1) is 5.82 Å². The van der Waals surface area contributed by atoms with Gasteiger partial charge in [-0.1, -0.05) is 25.1 Å². The highest BCUT2D eigenvalue weighted by atomic mass is 19.4. The van der Waals surface area contributed by atoms with Crippen molar-refractivity contribution in [3.8, 4) is 0 Å². The molecule has 2 rings (SSSR count). The van der Waals surface area contributed by atoms with Gasteiger partial charge in [-0.15, -0.1) is 0 Å². The summed E-state index contributed by atoms with van der Waals surface area (Å²) in [5.74, 6) is -2.37. The Morgan fingerprint density at radius 1 is 1.21 bits per heavy atom. The second-order valence-corrected chi connectivity index (χ2v) is 8.22. The highest BCUT2D eigenvalue weighted by molar-refractivity contribution is 5.81. The molecule has 0 aromatic heterocycles. The lowest BCUT2D eigenvalue weighted by Crippen LogP contribution is -2.45. The standard InChI is InChI=1S/C14H20FNO2.C9H13F3N2O2/c1-4-12(16-14(17)18-10(2)3)9-11-7-5-6-8-13(11)15;1-6(15)14-4-2-3-7(14)5-13-8(16)9(10,11)12/h5-8,10,12H,4,9H2,1-3H3,(H,16,17);7H,2-5H2,1H3,(H,13,16)/t;7-/m.0/s1. The number of carbonyl (C=O) groups is 3. The van der Waals surface area contributed by atoms with E-state index in [1.54, 1.807) is 37.4 Å². The second kappa shape index (κ2) is 13.8. The molecule has 11 heteroatoms. The van der Waals surface area contributed by atoms with Crippen LogP contribution in [-0.4, -0.2) is 60.3 Å². The summed E-state index contributed by atoms with van der Waals surface area (Å²) in [5, 5.41) is 4.54. The van der Waals surface area contributed by atoms with Gasteiger partial charge in [0.2, 0.25) is 5.91 Å². The van der Waals surface area contributed by atoms with Gasteiger partial charge in [0.1, 0.15) is 5.82 Å². The molecule has 1 aromatic carbocycles. The lowest BCUT2D eigenvalue weighted by Gasteiger charge is -2.23. The van der Waals surface area contributed by atoms with Crippen LogP contribution in [0.15, 0.2) is 24.3 Å². The molecule has 0 radical (unpaired) electrons. The minimum atomic E-state index is -4.86. The van der Waals surface area contributed by atoms with Crippen LogP contribution in [0.1, 0.15) is 52.5 Å². The monoisotopic (exact) mass is 491 g/mol. The van der Waals surface area contributed by atoms with Crippen LogP contribution in [0.25, 0.3) is 0 Å². The molecule has 34 heavy (non-hydrogen) atoms. The van der Waals surface area contributed by atoms with Crippen LogP contribution in [0.2, 0.25) is 0 Å². The normalized spacial score (nSPS) is 16.4. The van der Waals surface area contributed by atoms with Crippen molar-refractivity contribution in [2.24, 2.45) is 0 Å². The van der Waals surface area contributed by atoms with Crippen LogP contribution < -0.4 is 10.6 Å². The van der Waals surface area contributed by atoms with Crippen LogP contribution >= 0.6 is 0 Å². The van der Waals surface area contributed by atoms with Crippen LogP contribution in [0.5, 0.6) is 0 Å². The Bertz CT molecular complexity index is 818. The van der Waals surface area contributed by atoms with Crippen LogP contribution in [0.4, 0.5) is 22.4 Å². The Morgan fingerprint density at radius 3 is 2.38 bits per heavy atom. The third-order valence-electron chi connectivity index (χ3n) is 5.12. The third kappa shape index (κ3) is 10.4. The van der Waals surface area contributed by atoms with Crippen molar-refractivity contribution in [2.45, 2.75) is 77.7 Å². The number of ether oxygens (including phenoxy) is 1. The molecule has 2 N–H and O–H groups in total. The minimum Gasteiger partial charge on any atom is -0.447 e. The maximum atomic E-state index is 13.5. The molecule has 0 aliphatic carbocycles. The maximum absolute atomic E-state index is 13.5. The summed E-state index contributed by atoms with van der Waals surface area (Å²) in [6.45, 7) is 7.29. The number of alkyl halides is 3. The molecule has 1 aromatic rings. The Labute approximate surface area is 197 Å². The minimum absolute atomic E-state index is 0.117. The van der Waals surface area contributed by atoms with E-state index < -0.39 is 18.2 Å². The van der Waals surface area contributed by atoms with Crippen molar-refractivity contribution in [1.29, 1.82) is 0 Å². The number of carbonyl (C=O) groups excluding carboxylic acids is 3. The van der Waals surface area contributed by atoms with E-state index in [0.717, 1.165) is 12.8 Å². The summed E-state index contributed by atoms with van der Waals surface area (Å²) in [4.78, 5) is 34.6. The predicted octanol–water partition coefficient (Wildman–Crippen LogP) is 3.96. The van der Waals surface area contributed by atoms with Gasteiger partial charge in [-0.3, -0.25) is 9.59 Å². The van der Waals surface area contributed by atoms with Crippen LogP contribution in [0.3, 0.4) is 0 Å². The number of benzene rings is 1. The van der Waals surface area contributed by atoms with E-state index in [9.17, 15) is 31.9 Å². The fourth-order valence-electron chi connectivity index (χ4n) is 3.41. The molecular formula is C23H33F4N3O4. The number of alkyl carbamates (subject to hydrolysis) is 1. The lowest BCUT2D eigenvalue weighted by atomic mass is 10.0. The van der Waals surface area contributed by atoms with E-state index >= 15 is 0 Å². The van der Waals surface area contributed by atoms with Gasteiger partial charge < -0.3 is 20.3 Å². The topological polar surface area (TPSA) is 87.7 Å². The van der Waals surface area contributed by atoms with Crippen molar-refractivity contribution < 1.29 is 36.7 Å². The fourth-order valence-corrected chi connectivity index (χ4v) is 3.41. The van der Waals surface area contributed by atoms with Crippen molar-refractivity contribution in [1.82, 2.24) is 15.5 Å². The van der Waals surface area contributed by atoms with Gasteiger partial charge in [-0.05, 0) is 51.2 Å². The van der Waals surface area contributed by atoms with E-state index in [1.807, 2.05) is 6.92 Å². The van der Waals surface area contributed by atoms with Gasteiger partial charge in [0.15, 0.2) is 0 Å². The highest BCUT2D eigenvalue weighted by Crippen LogP contribution is 2.18. The Balaban J connectivity index is 0.000000342. The number of nitrogens with one attached hydrogen (secondary N) is 2. The first kappa shape index (κ1) is 29.2. The number of likely N-dealkylation sites (tertiary alicyclic amines) is 1. The molecule has 3 amide bonds. The Kier molecular flexibility index (Phi) is 11.8. The summed E-state index contributed by atoms with van der Waals surface area (Å²) in [7, 11) is 0. The number of amides is 3. The summed E-state index contributed by atoms with van der Waals surface area (Å²) in [5.41, 5.74) is 0.606. The smallest absolute Gasteiger partial charge is 0.447 e. The van der Waals surface area contributed by atoms with E-state index in [0.29, 0.717) is 24.9 Å². The van der Waals surface area contributed by atoms with Crippen molar-refractivity contribution in [2.75, 3.05) is 13.1 Å². The van der Waals surface area contributed by atoms with E-state index in [2.05, 4.69) is 5.32 Å². The molecular weight excluding hydrogens is 458 g/mol.